The number of non-ortho nitro benzene ring substituents is 1. The average molecular weight is 989 g/mol. The minimum atomic E-state index is -0.488. The molecule has 0 amide bonds. The van der Waals surface area contributed by atoms with Crippen molar-refractivity contribution in [3.05, 3.63) is 204 Å². The van der Waals surface area contributed by atoms with Gasteiger partial charge in [-0.1, -0.05) is 81.3 Å². The van der Waals surface area contributed by atoms with Gasteiger partial charge < -0.3 is 14.9 Å². The predicted octanol–water partition coefficient (Wildman–Crippen LogP) is 14.8. The van der Waals surface area contributed by atoms with Crippen LogP contribution in [0.5, 0.6) is 5.75 Å². The van der Waals surface area contributed by atoms with Crippen LogP contribution in [0, 0.1) is 72.2 Å². The molecule has 0 aromatic heterocycles. The molecule has 1 aliphatic heterocycles. The second-order valence-electron chi connectivity index (χ2n) is 18.1. The third kappa shape index (κ3) is 11.3. The van der Waals surface area contributed by atoms with Crippen molar-refractivity contribution < 1.29 is 25.7 Å². The number of anilines is 2. The Morgan fingerprint density at radius 3 is 1.68 bits per heavy atom. The molecule has 1 N–H and O–H groups in total. The van der Waals surface area contributed by atoms with E-state index < -0.39 is 4.92 Å². The molecule has 66 heavy (non-hydrogen) atoms. The first-order valence-electron chi connectivity index (χ1n) is 22.6. The van der Waals surface area contributed by atoms with Crippen LogP contribution in [0.4, 0.5) is 22.7 Å². The molecule has 7 nitrogen and oxygen atoms in total. The first kappa shape index (κ1) is 49.7. The number of phenolic OH excluding ortho intramolecular Hbond substituents is 1. The van der Waals surface area contributed by atoms with Gasteiger partial charge in [-0.05, 0) is 92.8 Å². The summed E-state index contributed by atoms with van der Waals surface area (Å²) in [5, 5.41) is 20.8. The van der Waals surface area contributed by atoms with Gasteiger partial charge in [0.1, 0.15) is 5.75 Å². The number of aromatic hydroxyl groups is 1. The third-order valence-corrected chi connectivity index (χ3v) is 14.1. The Kier molecular flexibility index (Phi) is 16.4. The molecule has 0 atom stereocenters. The van der Waals surface area contributed by atoms with Crippen LogP contribution in [0.2, 0.25) is 0 Å². The maximum absolute atomic E-state index is 10.9. The number of nitrogens with zero attached hydrogens (tertiary/aromatic N) is 4. The average Bonchev–Trinajstić information content (AvgIpc) is 3.89. The van der Waals surface area contributed by atoms with Crippen molar-refractivity contribution in [3.63, 3.8) is 0 Å². The molecule has 6 aromatic carbocycles. The van der Waals surface area contributed by atoms with Crippen LogP contribution in [-0.4, -0.2) is 33.4 Å². The number of rotatable bonds is 8. The van der Waals surface area contributed by atoms with Crippen LogP contribution in [0.1, 0.15) is 117 Å². The number of hydrogen-bond acceptors (Lipinski definition) is 6. The standard InChI is InChI=1S/C21H27N2.C19H22N2O3.C17H14.ClH.Ru/c1-14-9-16(3)20(17(4)10-14)22-7-8-23(13-22)21-18(5)11-15(2)12-19(21)6;1-12(2)16-6-5-7-17(13(3)4)19(16)20-11-14-10-15(21(23)24)8-9-18(14)22;1-12-6-3-4-9-15(12)16-11-10-14-8-5-7-13(2)17(14)16;;/h9-13H,7-8H2,1-6H3;5-13,22H,1-4H3;3-9,11H,1-2H3;1H;/q-1;;;;+1/p-1. The molecule has 1 saturated heterocycles. The van der Waals surface area contributed by atoms with E-state index >= 15 is 0 Å². The zero-order valence-electron chi connectivity index (χ0n) is 40.4. The predicted molar refractivity (Wildman–Crippen MR) is 276 cm³/mol. The molecule has 1 aliphatic carbocycles. The van der Waals surface area contributed by atoms with Gasteiger partial charge in [-0.2, -0.15) is 6.67 Å². The van der Waals surface area contributed by atoms with Crippen LogP contribution in [-0.2, 0) is 15.7 Å². The van der Waals surface area contributed by atoms with Crippen molar-refractivity contribution in [3.8, 4) is 5.75 Å². The number of phenols is 1. The molecule has 2 aliphatic rings. The van der Waals surface area contributed by atoms with Gasteiger partial charge in [0.2, 0.25) is 0 Å². The van der Waals surface area contributed by atoms with Gasteiger partial charge in [-0.25, -0.2) is 0 Å². The molecule has 345 valence electrons. The maximum atomic E-state index is 10.9. The Bertz CT molecular complexity index is 2720. The molecule has 8 rings (SSSR count). The van der Waals surface area contributed by atoms with Gasteiger partial charge in [0, 0.05) is 48.4 Å². The van der Waals surface area contributed by atoms with Crippen molar-refractivity contribution >= 4 is 48.3 Å². The normalized spacial score (nSPS) is 13.9. The molecule has 0 radical (unpaired) electrons. The number of aliphatic imine (C=N–C) groups is 1. The van der Waals surface area contributed by atoms with Crippen molar-refractivity contribution in [1.82, 2.24) is 0 Å². The molecular weight excluding hydrogens is 925 g/mol. The Morgan fingerprint density at radius 2 is 1.18 bits per heavy atom. The number of nitro groups is 1. The second-order valence-corrected chi connectivity index (χ2v) is 20.2. The van der Waals surface area contributed by atoms with E-state index in [1.165, 1.54) is 107 Å². The van der Waals surface area contributed by atoms with Crippen molar-refractivity contribution in [2.75, 3.05) is 22.9 Å². The topological polar surface area (TPSA) is 82.2 Å². The van der Waals surface area contributed by atoms with Crippen LogP contribution in [0.15, 0.2) is 114 Å². The summed E-state index contributed by atoms with van der Waals surface area (Å²) in [5.41, 5.74) is 22.2. The summed E-state index contributed by atoms with van der Waals surface area (Å²) in [6.45, 7) is 30.3. The number of aryl methyl sites for hydroxylation is 8. The van der Waals surface area contributed by atoms with E-state index in [4.69, 9.17) is 9.69 Å². The van der Waals surface area contributed by atoms with Gasteiger partial charge in [0.25, 0.3) is 5.69 Å². The number of hydrogen-bond donors (Lipinski definition) is 1. The molecule has 0 spiro atoms. The number of fused-ring (bicyclic) bond motifs is 1. The van der Waals surface area contributed by atoms with E-state index in [1.54, 1.807) is 0 Å². The van der Waals surface area contributed by atoms with Gasteiger partial charge in [-0.15, -0.1) is 0 Å². The molecule has 1 fully saturated rings. The Morgan fingerprint density at radius 1 is 0.682 bits per heavy atom. The first-order chi connectivity index (χ1) is 31.4. The number of benzene rings is 6. The van der Waals surface area contributed by atoms with Gasteiger partial charge in [0.05, 0.1) is 10.6 Å². The van der Waals surface area contributed by atoms with Crippen molar-refractivity contribution in [2.24, 2.45) is 4.99 Å². The molecule has 0 unspecified atom stereocenters. The summed E-state index contributed by atoms with van der Waals surface area (Å²) < 4.78 is 1.31. The molecule has 0 saturated carbocycles. The fourth-order valence-electron chi connectivity index (χ4n) is 9.28. The summed E-state index contributed by atoms with van der Waals surface area (Å²) in [6.07, 6.45) is 3.78. The van der Waals surface area contributed by atoms with E-state index in [9.17, 15) is 15.2 Å². The Hall–Kier alpha value is -5.69. The second kappa shape index (κ2) is 21.7. The van der Waals surface area contributed by atoms with Crippen LogP contribution in [0.25, 0.3) is 5.57 Å². The molecule has 0 bridgehead atoms. The van der Waals surface area contributed by atoms with Crippen molar-refractivity contribution in [2.45, 2.75) is 94.9 Å². The quantitative estimate of drug-likeness (QED) is 0.0540. The number of nitro benzene ring substituents is 1. The zero-order valence-corrected chi connectivity index (χ0v) is 42.9. The van der Waals surface area contributed by atoms with E-state index in [-0.39, 0.29) is 27.1 Å². The number of para-hydroxylation sites is 1. The Labute approximate surface area is 404 Å². The fourth-order valence-corrected chi connectivity index (χ4v) is 10.8. The van der Waals surface area contributed by atoms with Crippen LogP contribution < -0.4 is 9.80 Å². The summed E-state index contributed by atoms with van der Waals surface area (Å²) >= 11 is -0.237. The summed E-state index contributed by atoms with van der Waals surface area (Å²) in [7, 11) is 6.19. The fraction of sp³-hybridized carbons (Fsp3) is 0.281. The van der Waals surface area contributed by atoms with E-state index in [2.05, 4.69) is 177 Å². The summed E-state index contributed by atoms with van der Waals surface area (Å²) in [4.78, 5) is 19.8. The minimum absolute atomic E-state index is 0.0301. The number of halogens is 1. The van der Waals surface area contributed by atoms with Crippen LogP contribution in [0.3, 0.4) is 0 Å². The molecular formula is C57H63ClN4O3Ru-. The molecule has 9 heteroatoms. The zero-order chi connectivity index (χ0) is 48.0. The van der Waals surface area contributed by atoms with Gasteiger partial charge in [-0.3, -0.25) is 15.1 Å². The van der Waals surface area contributed by atoms with Crippen LogP contribution >= 0.6 is 9.69 Å². The van der Waals surface area contributed by atoms with Gasteiger partial charge in [0.15, 0.2) is 0 Å². The molecule has 6 aromatic rings. The first-order valence-corrected chi connectivity index (χ1v) is 25.7. The summed E-state index contributed by atoms with van der Waals surface area (Å²) in [5.74, 6) is 0.571. The molecule has 1 heterocycles. The monoisotopic (exact) mass is 988 g/mol. The van der Waals surface area contributed by atoms with E-state index in [0.717, 1.165) is 29.9 Å². The third-order valence-electron chi connectivity index (χ3n) is 12.2. The van der Waals surface area contributed by atoms with E-state index in [1.807, 2.05) is 18.2 Å². The van der Waals surface area contributed by atoms with Crippen molar-refractivity contribution in [1.29, 1.82) is 0 Å². The van der Waals surface area contributed by atoms with E-state index in [0.29, 0.717) is 17.4 Å². The van der Waals surface area contributed by atoms with Gasteiger partial charge >= 0.3 is 125 Å². The Balaban J connectivity index is 0.000000165. The SMILES string of the molecule is CC(C)c1cccc(C(C)C)c1N=Cc1cc([N+](=O)[O-])ccc1O.Cc1cc(C)c(N2[CH-]N(c3c(C)cc(C)cc3C)CC2)c(C)c1.Cc1ccccc1C1=C[C](=[Ru][Cl])c2cccc(C)c21. The number of allylic oxidation sites excluding steroid dienone is 1. The summed E-state index contributed by atoms with van der Waals surface area (Å²) in [6, 6.07) is 34.2.